The molecule has 1 aliphatic rings. The number of carbonyl (C=O) groups excluding carboxylic acids is 2. The molecular formula is C12H12O3S. The van der Waals surface area contributed by atoms with Crippen LogP contribution in [0.5, 0.6) is 0 Å². The van der Waals surface area contributed by atoms with Gasteiger partial charge in [-0.2, -0.15) is 0 Å². The maximum Gasteiger partial charge on any atom is 0.311 e. The second-order valence-corrected chi connectivity index (χ2v) is 4.75. The van der Waals surface area contributed by atoms with Crippen molar-refractivity contribution in [2.75, 3.05) is 0 Å². The summed E-state index contributed by atoms with van der Waals surface area (Å²) in [6, 6.07) is 3.87. The molecule has 0 saturated heterocycles. The van der Waals surface area contributed by atoms with Gasteiger partial charge in [-0.1, -0.05) is 6.07 Å². The van der Waals surface area contributed by atoms with E-state index >= 15 is 0 Å². The van der Waals surface area contributed by atoms with Crippen molar-refractivity contribution >= 4 is 23.1 Å². The van der Waals surface area contributed by atoms with Gasteiger partial charge >= 0.3 is 5.97 Å². The molecule has 16 heavy (non-hydrogen) atoms. The van der Waals surface area contributed by atoms with E-state index in [2.05, 4.69) is 0 Å². The van der Waals surface area contributed by atoms with Crippen LogP contribution in [0.3, 0.4) is 0 Å². The standard InChI is InChI=1S/C12H12O3S/c1-7(13)12-8(2)15-11(14)6-9(12)10-4-3-5-16-10/h3-5,9H,6H2,1-2H3/t9-/m1/s1. The van der Waals surface area contributed by atoms with Crippen LogP contribution in [0.2, 0.25) is 0 Å². The first kappa shape index (κ1) is 11.1. The number of rotatable bonds is 2. The van der Waals surface area contributed by atoms with Crippen molar-refractivity contribution in [1.29, 1.82) is 0 Å². The van der Waals surface area contributed by atoms with Crippen LogP contribution in [-0.4, -0.2) is 11.8 Å². The van der Waals surface area contributed by atoms with Crippen molar-refractivity contribution < 1.29 is 14.3 Å². The third kappa shape index (κ3) is 1.93. The van der Waals surface area contributed by atoms with E-state index in [1.165, 1.54) is 6.92 Å². The first-order chi connectivity index (χ1) is 7.59. The highest BCUT2D eigenvalue weighted by molar-refractivity contribution is 7.10. The smallest absolute Gasteiger partial charge is 0.311 e. The fraction of sp³-hybridized carbons (Fsp3) is 0.333. The van der Waals surface area contributed by atoms with Crippen molar-refractivity contribution in [1.82, 2.24) is 0 Å². The van der Waals surface area contributed by atoms with Gasteiger partial charge < -0.3 is 4.74 Å². The Morgan fingerprint density at radius 1 is 1.56 bits per heavy atom. The second-order valence-electron chi connectivity index (χ2n) is 3.77. The van der Waals surface area contributed by atoms with Crippen molar-refractivity contribution in [3.63, 3.8) is 0 Å². The van der Waals surface area contributed by atoms with E-state index in [9.17, 15) is 9.59 Å². The van der Waals surface area contributed by atoms with Crippen LogP contribution in [-0.2, 0) is 14.3 Å². The van der Waals surface area contributed by atoms with Crippen LogP contribution >= 0.6 is 11.3 Å². The van der Waals surface area contributed by atoms with Gasteiger partial charge in [0.15, 0.2) is 5.78 Å². The number of ether oxygens (including phenoxy) is 1. The Hall–Kier alpha value is -1.42. The average Bonchev–Trinajstić information content (AvgIpc) is 2.67. The van der Waals surface area contributed by atoms with Crippen molar-refractivity contribution in [3.05, 3.63) is 33.7 Å². The lowest BCUT2D eigenvalue weighted by Crippen LogP contribution is -2.22. The van der Waals surface area contributed by atoms with E-state index in [-0.39, 0.29) is 24.1 Å². The van der Waals surface area contributed by atoms with E-state index in [4.69, 9.17) is 4.74 Å². The summed E-state index contributed by atoms with van der Waals surface area (Å²) < 4.78 is 5.01. The number of thiophene rings is 1. The molecule has 1 aliphatic heterocycles. The van der Waals surface area contributed by atoms with Crippen molar-refractivity contribution in [2.45, 2.75) is 26.2 Å². The molecule has 0 aliphatic carbocycles. The van der Waals surface area contributed by atoms with E-state index < -0.39 is 0 Å². The molecule has 0 fully saturated rings. The second kappa shape index (κ2) is 4.22. The molecule has 0 radical (unpaired) electrons. The quantitative estimate of drug-likeness (QED) is 0.741. The first-order valence-corrected chi connectivity index (χ1v) is 5.93. The molecule has 1 aromatic heterocycles. The lowest BCUT2D eigenvalue weighted by Gasteiger charge is -2.23. The SMILES string of the molecule is CC(=O)C1=C(C)OC(=O)C[C@@H]1c1cccs1. The number of hydrogen-bond donors (Lipinski definition) is 0. The van der Waals surface area contributed by atoms with Gasteiger partial charge in [0.1, 0.15) is 5.76 Å². The summed E-state index contributed by atoms with van der Waals surface area (Å²) in [7, 11) is 0. The number of esters is 1. The number of cyclic esters (lactones) is 1. The Balaban J connectivity index is 2.46. The molecule has 0 amide bonds. The molecular weight excluding hydrogens is 224 g/mol. The molecule has 84 valence electrons. The summed E-state index contributed by atoms with van der Waals surface area (Å²) in [5, 5.41) is 1.95. The van der Waals surface area contributed by atoms with E-state index in [0.717, 1.165) is 4.88 Å². The van der Waals surface area contributed by atoms with Gasteiger partial charge in [-0.05, 0) is 25.3 Å². The fourth-order valence-corrected chi connectivity index (χ4v) is 2.84. The van der Waals surface area contributed by atoms with Crippen molar-refractivity contribution in [3.8, 4) is 0 Å². The Kier molecular flexibility index (Phi) is 2.92. The Morgan fingerprint density at radius 3 is 2.88 bits per heavy atom. The molecule has 4 heteroatoms. The van der Waals surface area contributed by atoms with Gasteiger partial charge in [0.25, 0.3) is 0 Å². The summed E-state index contributed by atoms with van der Waals surface area (Å²) in [5.41, 5.74) is 0.627. The third-order valence-electron chi connectivity index (χ3n) is 2.63. The van der Waals surface area contributed by atoms with Crippen LogP contribution in [0, 0.1) is 0 Å². The van der Waals surface area contributed by atoms with Crippen LogP contribution in [0.25, 0.3) is 0 Å². The van der Waals surface area contributed by atoms with Crippen molar-refractivity contribution in [2.24, 2.45) is 0 Å². The molecule has 3 nitrogen and oxygen atoms in total. The third-order valence-corrected chi connectivity index (χ3v) is 3.62. The van der Waals surface area contributed by atoms with Gasteiger partial charge in [0, 0.05) is 16.4 Å². The van der Waals surface area contributed by atoms with E-state index in [0.29, 0.717) is 11.3 Å². The van der Waals surface area contributed by atoms with Gasteiger partial charge in [-0.15, -0.1) is 11.3 Å². The molecule has 2 rings (SSSR count). The summed E-state index contributed by atoms with van der Waals surface area (Å²) in [6.07, 6.45) is 0.257. The molecule has 0 unspecified atom stereocenters. The number of hydrogen-bond acceptors (Lipinski definition) is 4. The zero-order valence-corrected chi connectivity index (χ0v) is 9.97. The molecule has 0 N–H and O–H groups in total. The minimum Gasteiger partial charge on any atom is -0.431 e. The van der Waals surface area contributed by atoms with Gasteiger partial charge in [-0.3, -0.25) is 9.59 Å². The number of allylic oxidation sites excluding steroid dienone is 2. The summed E-state index contributed by atoms with van der Waals surface area (Å²) >= 11 is 1.56. The monoisotopic (exact) mass is 236 g/mol. The number of Topliss-reactive ketones (excluding diaryl/α,β-unsaturated/α-hetero) is 1. The largest absolute Gasteiger partial charge is 0.431 e. The average molecular weight is 236 g/mol. The summed E-state index contributed by atoms with van der Waals surface area (Å²) in [6.45, 7) is 3.19. The number of carbonyl (C=O) groups is 2. The molecule has 0 saturated carbocycles. The zero-order chi connectivity index (χ0) is 11.7. The zero-order valence-electron chi connectivity index (χ0n) is 9.15. The topological polar surface area (TPSA) is 43.4 Å². The molecule has 0 spiro atoms. The first-order valence-electron chi connectivity index (χ1n) is 5.05. The summed E-state index contributed by atoms with van der Waals surface area (Å²) in [5.74, 6) is 0.0326. The highest BCUT2D eigenvalue weighted by atomic mass is 32.1. The molecule has 1 atom stereocenters. The predicted octanol–water partition coefficient (Wildman–Crippen LogP) is 2.64. The van der Waals surface area contributed by atoms with E-state index in [1.54, 1.807) is 18.3 Å². The highest BCUT2D eigenvalue weighted by Gasteiger charge is 2.31. The summed E-state index contributed by atoms with van der Waals surface area (Å²) in [4.78, 5) is 24.0. The number of ketones is 1. The highest BCUT2D eigenvalue weighted by Crippen LogP contribution is 2.37. The van der Waals surface area contributed by atoms with Gasteiger partial charge in [0.2, 0.25) is 0 Å². The lowest BCUT2D eigenvalue weighted by molar-refractivity contribution is -0.141. The fourth-order valence-electron chi connectivity index (χ4n) is 2.01. The maximum atomic E-state index is 11.6. The molecule has 0 aromatic carbocycles. The lowest BCUT2D eigenvalue weighted by atomic mass is 9.89. The predicted molar refractivity (Wildman–Crippen MR) is 61.2 cm³/mol. The minimum atomic E-state index is -0.263. The van der Waals surface area contributed by atoms with Crippen LogP contribution in [0.4, 0.5) is 0 Å². The van der Waals surface area contributed by atoms with Crippen LogP contribution < -0.4 is 0 Å². The maximum absolute atomic E-state index is 11.6. The molecule has 1 aromatic rings. The Bertz CT molecular complexity index is 457. The Morgan fingerprint density at radius 2 is 2.31 bits per heavy atom. The Labute approximate surface area is 97.7 Å². The van der Waals surface area contributed by atoms with Crippen LogP contribution in [0.1, 0.15) is 31.1 Å². The van der Waals surface area contributed by atoms with Gasteiger partial charge in [-0.25, -0.2) is 0 Å². The van der Waals surface area contributed by atoms with Crippen LogP contribution in [0.15, 0.2) is 28.8 Å². The minimum absolute atomic E-state index is 0.0246. The normalized spacial score (nSPS) is 20.9. The molecule has 0 bridgehead atoms. The van der Waals surface area contributed by atoms with E-state index in [1.807, 2.05) is 17.5 Å². The van der Waals surface area contributed by atoms with Gasteiger partial charge in [0.05, 0.1) is 6.42 Å². The molecule has 2 heterocycles.